The summed E-state index contributed by atoms with van der Waals surface area (Å²) in [6, 6.07) is 8.82. The van der Waals surface area contributed by atoms with Crippen molar-refractivity contribution in [1.29, 1.82) is 0 Å². The van der Waals surface area contributed by atoms with E-state index in [1.807, 2.05) is 13.8 Å². The second-order valence-corrected chi connectivity index (χ2v) is 5.25. The van der Waals surface area contributed by atoms with Crippen molar-refractivity contribution in [2.45, 2.75) is 32.6 Å². The number of hydrogen-bond donors (Lipinski definition) is 0. The topological polar surface area (TPSA) is 0 Å². The lowest BCUT2D eigenvalue weighted by Gasteiger charge is -2.29. The summed E-state index contributed by atoms with van der Waals surface area (Å²) in [5.74, 6) is 0. The molecule has 0 radical (unpaired) electrons. The van der Waals surface area contributed by atoms with Crippen LogP contribution in [0, 0.1) is 5.41 Å². The van der Waals surface area contributed by atoms with Crippen molar-refractivity contribution < 1.29 is 0 Å². The molecule has 0 nitrogen and oxygen atoms in total. The zero-order chi connectivity index (χ0) is 12.8. The summed E-state index contributed by atoms with van der Waals surface area (Å²) < 4.78 is 0. The smallest absolute Gasteiger partial charge is 0.0281 e. The molecule has 0 aromatic heterocycles. The van der Waals surface area contributed by atoms with Gasteiger partial charge in [0.2, 0.25) is 0 Å². The van der Waals surface area contributed by atoms with Crippen LogP contribution in [-0.4, -0.2) is 0 Å². The molecule has 1 fully saturated rings. The highest BCUT2D eigenvalue weighted by atomic mass is 14.7. The molecule has 18 heavy (non-hydrogen) atoms. The molecule has 2 atom stereocenters. The monoisotopic (exact) mass is 236 g/mol. The van der Waals surface area contributed by atoms with Crippen molar-refractivity contribution in [1.82, 2.24) is 0 Å². The Morgan fingerprint density at radius 2 is 1.78 bits per heavy atom. The highest BCUT2D eigenvalue weighted by molar-refractivity contribution is 5.71. The number of hydrogen-bond acceptors (Lipinski definition) is 0. The van der Waals surface area contributed by atoms with Gasteiger partial charge < -0.3 is 0 Å². The Hall–Kier alpha value is -1.56. The summed E-state index contributed by atoms with van der Waals surface area (Å²) in [5.41, 5.74) is 5.03. The van der Waals surface area contributed by atoms with Gasteiger partial charge in [0.05, 0.1) is 0 Å². The highest BCUT2D eigenvalue weighted by Crippen LogP contribution is 2.73. The molecule has 0 amide bonds. The van der Waals surface area contributed by atoms with Crippen molar-refractivity contribution >= 4 is 6.08 Å². The van der Waals surface area contributed by atoms with Crippen molar-refractivity contribution in [3.8, 4) is 0 Å². The molecule has 0 saturated heterocycles. The Bertz CT molecular complexity index is 573. The van der Waals surface area contributed by atoms with Crippen LogP contribution in [0.15, 0.2) is 54.1 Å². The average molecular weight is 236 g/mol. The van der Waals surface area contributed by atoms with Crippen LogP contribution in [0.1, 0.15) is 38.3 Å². The van der Waals surface area contributed by atoms with E-state index in [2.05, 4.69) is 61.6 Å². The van der Waals surface area contributed by atoms with Crippen LogP contribution in [0.5, 0.6) is 0 Å². The van der Waals surface area contributed by atoms with Gasteiger partial charge in [-0.05, 0) is 24.5 Å². The second-order valence-electron chi connectivity index (χ2n) is 5.25. The van der Waals surface area contributed by atoms with Gasteiger partial charge in [-0.1, -0.05) is 74.1 Å². The molecule has 2 unspecified atom stereocenters. The van der Waals surface area contributed by atoms with Gasteiger partial charge in [0.25, 0.3) is 0 Å². The van der Waals surface area contributed by atoms with E-state index < -0.39 is 0 Å². The van der Waals surface area contributed by atoms with Gasteiger partial charge in [-0.15, -0.1) is 0 Å². The molecular formula is C18H20. The fraction of sp³-hybridized carbons (Fsp3) is 0.333. The van der Waals surface area contributed by atoms with Crippen LogP contribution in [0.2, 0.25) is 0 Å². The van der Waals surface area contributed by atoms with Crippen molar-refractivity contribution in [2.24, 2.45) is 5.41 Å². The van der Waals surface area contributed by atoms with Crippen LogP contribution in [-0.2, 0) is 5.41 Å². The first-order valence-electron chi connectivity index (χ1n) is 6.94. The summed E-state index contributed by atoms with van der Waals surface area (Å²) in [5, 5.41) is 0. The Morgan fingerprint density at radius 3 is 2.61 bits per heavy atom. The summed E-state index contributed by atoms with van der Waals surface area (Å²) >= 11 is 0. The third-order valence-electron chi connectivity index (χ3n) is 4.65. The van der Waals surface area contributed by atoms with Crippen LogP contribution < -0.4 is 0 Å². The fourth-order valence-electron chi connectivity index (χ4n) is 3.64. The lowest BCUT2D eigenvalue weighted by molar-refractivity contribution is 0.649. The molecule has 92 valence electrons. The van der Waals surface area contributed by atoms with E-state index >= 15 is 0 Å². The van der Waals surface area contributed by atoms with E-state index in [1.54, 1.807) is 0 Å². The molecule has 0 bridgehead atoms. The van der Waals surface area contributed by atoms with Gasteiger partial charge >= 0.3 is 0 Å². The maximum Gasteiger partial charge on any atom is 0.0281 e. The van der Waals surface area contributed by atoms with Crippen LogP contribution in [0.25, 0.3) is 6.08 Å². The average Bonchev–Trinajstić information content (AvgIpc) is 3.14. The normalized spacial score (nSPS) is 33.4. The fourth-order valence-corrected chi connectivity index (χ4v) is 3.64. The van der Waals surface area contributed by atoms with E-state index in [-0.39, 0.29) is 5.41 Å². The predicted molar refractivity (Wildman–Crippen MR) is 78.4 cm³/mol. The van der Waals surface area contributed by atoms with Gasteiger partial charge in [0, 0.05) is 10.8 Å². The van der Waals surface area contributed by atoms with Crippen molar-refractivity contribution in [3.05, 3.63) is 65.3 Å². The van der Waals surface area contributed by atoms with Crippen molar-refractivity contribution in [3.63, 3.8) is 0 Å². The number of benzene rings is 1. The van der Waals surface area contributed by atoms with Gasteiger partial charge in [-0.2, -0.15) is 0 Å². The van der Waals surface area contributed by atoms with Crippen LogP contribution >= 0.6 is 0 Å². The minimum absolute atomic E-state index is 0.289. The largest absolute Gasteiger partial charge is 0.0727 e. The molecule has 3 aliphatic carbocycles. The first-order chi connectivity index (χ1) is 8.79. The number of rotatable bonds is 0. The lowest BCUT2D eigenvalue weighted by atomic mass is 9.74. The molecule has 0 heteroatoms. The van der Waals surface area contributed by atoms with Gasteiger partial charge in [-0.3, -0.25) is 0 Å². The molecule has 4 rings (SSSR count). The first-order valence-corrected chi connectivity index (χ1v) is 6.94. The van der Waals surface area contributed by atoms with Gasteiger partial charge in [-0.25, -0.2) is 0 Å². The van der Waals surface area contributed by atoms with E-state index in [4.69, 9.17) is 0 Å². The summed E-state index contributed by atoms with van der Waals surface area (Å²) in [6.45, 7) is 6.27. The zero-order valence-corrected chi connectivity index (χ0v) is 11.4. The Labute approximate surface area is 110 Å². The summed E-state index contributed by atoms with van der Waals surface area (Å²) in [6.07, 6.45) is 12.9. The minimum Gasteiger partial charge on any atom is -0.0727 e. The molecule has 0 heterocycles. The molecule has 0 aliphatic heterocycles. The molecular weight excluding hydrogens is 216 g/mol. The van der Waals surface area contributed by atoms with Crippen LogP contribution in [0.4, 0.5) is 0 Å². The van der Waals surface area contributed by atoms with E-state index in [1.165, 1.54) is 23.1 Å². The van der Waals surface area contributed by atoms with E-state index in [9.17, 15) is 0 Å². The Kier molecular flexibility index (Phi) is 2.38. The first kappa shape index (κ1) is 11.5. The van der Waals surface area contributed by atoms with Crippen LogP contribution in [0.3, 0.4) is 0 Å². The molecule has 1 saturated carbocycles. The highest BCUT2D eigenvalue weighted by Gasteiger charge is 2.68. The van der Waals surface area contributed by atoms with E-state index in [0.717, 1.165) is 0 Å². The van der Waals surface area contributed by atoms with Gasteiger partial charge in [0.1, 0.15) is 0 Å². The maximum absolute atomic E-state index is 2.42. The maximum atomic E-state index is 2.42. The van der Waals surface area contributed by atoms with E-state index in [0.29, 0.717) is 5.41 Å². The molecule has 1 aromatic carbocycles. The molecule has 1 aromatic rings. The Balaban J connectivity index is 0.000000478. The second kappa shape index (κ2) is 3.71. The Morgan fingerprint density at radius 1 is 1.00 bits per heavy atom. The molecule has 0 N–H and O–H groups in total. The summed E-state index contributed by atoms with van der Waals surface area (Å²) in [7, 11) is 0. The number of fused-ring (bicyclic) bond motifs is 1. The van der Waals surface area contributed by atoms with Gasteiger partial charge in [0.15, 0.2) is 0 Å². The van der Waals surface area contributed by atoms with Crippen molar-refractivity contribution in [2.75, 3.05) is 0 Å². The zero-order valence-electron chi connectivity index (χ0n) is 11.4. The standard InChI is InChI=1S/C16H14.C2H6/c1-12-5-4-9-16-11-15(12,16)10-8-13-6-2-3-7-14(13)16;1-2/h2-10H,11H2,1H3;1-2H3. The number of allylic oxidation sites excluding steroid dienone is 5. The molecule has 0 spiro atoms. The lowest BCUT2D eigenvalue weighted by Crippen LogP contribution is -2.21. The summed E-state index contributed by atoms with van der Waals surface area (Å²) in [4.78, 5) is 0. The third kappa shape index (κ3) is 1.16. The predicted octanol–water partition coefficient (Wildman–Crippen LogP) is 4.88. The quantitative estimate of drug-likeness (QED) is 0.602. The third-order valence-corrected chi connectivity index (χ3v) is 4.65. The molecule has 3 aliphatic rings. The SMILES string of the molecule is CC.CC1=CC=CC23CC12C=Cc1ccccc13. The minimum atomic E-state index is 0.289.